The minimum atomic E-state index is -0.0167. The van der Waals surface area contributed by atoms with E-state index in [2.05, 4.69) is 38.0 Å². The maximum atomic E-state index is 5.95. The molecule has 4 heteroatoms. The van der Waals surface area contributed by atoms with Crippen molar-refractivity contribution in [2.75, 3.05) is 0 Å². The Hall–Kier alpha value is -0.900. The first-order valence-corrected chi connectivity index (χ1v) is 5.13. The van der Waals surface area contributed by atoms with Gasteiger partial charge in [0.15, 0.2) is 0 Å². The van der Waals surface area contributed by atoms with Gasteiger partial charge in [-0.1, -0.05) is 18.6 Å². The van der Waals surface area contributed by atoms with E-state index < -0.39 is 0 Å². The highest BCUT2D eigenvalue weighted by Crippen LogP contribution is 2.16. The number of nitrogens with zero attached hydrogens (tertiary/aromatic N) is 3. The van der Waals surface area contributed by atoms with Gasteiger partial charge in [0.1, 0.15) is 0 Å². The first kappa shape index (κ1) is 11.2. The number of nitrogens with two attached hydrogens (primary N) is 1. The van der Waals surface area contributed by atoms with E-state index in [-0.39, 0.29) is 11.6 Å². The van der Waals surface area contributed by atoms with Crippen molar-refractivity contribution in [3.05, 3.63) is 11.9 Å². The highest BCUT2D eigenvalue weighted by atomic mass is 15.4. The summed E-state index contributed by atoms with van der Waals surface area (Å²) in [6.07, 6.45) is 3.98. The van der Waals surface area contributed by atoms with Crippen LogP contribution >= 0.6 is 0 Å². The van der Waals surface area contributed by atoms with Crippen LogP contribution in [-0.2, 0) is 5.54 Å². The van der Waals surface area contributed by atoms with Gasteiger partial charge in [0.2, 0.25) is 0 Å². The molecule has 1 rings (SSSR count). The van der Waals surface area contributed by atoms with Crippen molar-refractivity contribution in [1.29, 1.82) is 0 Å². The van der Waals surface area contributed by atoms with Crippen molar-refractivity contribution in [1.82, 2.24) is 15.0 Å². The standard InChI is InChI=1S/C10H20N4/c1-5-6-8(11)9-7-14(13-12-9)10(2,3)4/h7-8H,5-6,11H2,1-4H3. The maximum Gasteiger partial charge on any atom is 0.0994 e. The highest BCUT2D eigenvalue weighted by molar-refractivity contribution is 5.00. The SMILES string of the molecule is CCCC(N)c1cn(C(C)(C)C)nn1. The molecule has 80 valence electrons. The molecule has 2 N–H and O–H groups in total. The Morgan fingerprint density at radius 2 is 2.14 bits per heavy atom. The second kappa shape index (κ2) is 4.09. The van der Waals surface area contributed by atoms with E-state index in [4.69, 9.17) is 5.73 Å². The molecular formula is C10H20N4. The fraction of sp³-hybridized carbons (Fsp3) is 0.800. The summed E-state index contributed by atoms with van der Waals surface area (Å²) in [5.41, 5.74) is 6.82. The lowest BCUT2D eigenvalue weighted by Crippen LogP contribution is -2.22. The van der Waals surface area contributed by atoms with Crippen LogP contribution < -0.4 is 5.73 Å². The summed E-state index contributed by atoms with van der Waals surface area (Å²) in [5.74, 6) is 0. The minimum Gasteiger partial charge on any atom is -0.323 e. The molecule has 0 aliphatic rings. The molecule has 0 aliphatic heterocycles. The molecule has 0 amide bonds. The molecule has 0 saturated carbocycles. The third kappa shape index (κ3) is 2.54. The Bertz CT molecular complexity index is 285. The Kier molecular flexibility index (Phi) is 3.26. The van der Waals surface area contributed by atoms with Gasteiger partial charge in [0.05, 0.1) is 23.5 Å². The van der Waals surface area contributed by atoms with Crippen molar-refractivity contribution in [2.24, 2.45) is 5.73 Å². The molecule has 1 atom stereocenters. The molecule has 14 heavy (non-hydrogen) atoms. The number of rotatable bonds is 3. The van der Waals surface area contributed by atoms with Gasteiger partial charge >= 0.3 is 0 Å². The van der Waals surface area contributed by atoms with E-state index in [9.17, 15) is 0 Å². The van der Waals surface area contributed by atoms with Crippen molar-refractivity contribution in [3.8, 4) is 0 Å². The molecule has 0 radical (unpaired) electrons. The lowest BCUT2D eigenvalue weighted by Gasteiger charge is -2.17. The van der Waals surface area contributed by atoms with Gasteiger partial charge in [0, 0.05) is 0 Å². The molecule has 0 aliphatic carbocycles. The zero-order valence-electron chi connectivity index (χ0n) is 9.49. The summed E-state index contributed by atoms with van der Waals surface area (Å²) in [7, 11) is 0. The van der Waals surface area contributed by atoms with Crippen LogP contribution in [0.4, 0.5) is 0 Å². The predicted octanol–water partition coefficient (Wildman–Crippen LogP) is 1.83. The van der Waals surface area contributed by atoms with Crippen LogP contribution in [0.3, 0.4) is 0 Å². The molecule has 0 bridgehead atoms. The van der Waals surface area contributed by atoms with Gasteiger partial charge in [-0.05, 0) is 27.2 Å². The summed E-state index contributed by atoms with van der Waals surface area (Å²) in [6.45, 7) is 8.40. The van der Waals surface area contributed by atoms with Crippen LogP contribution in [0.15, 0.2) is 6.20 Å². The summed E-state index contributed by atoms with van der Waals surface area (Å²) >= 11 is 0. The van der Waals surface area contributed by atoms with E-state index in [1.807, 2.05) is 10.9 Å². The Balaban J connectivity index is 2.78. The maximum absolute atomic E-state index is 5.95. The highest BCUT2D eigenvalue weighted by Gasteiger charge is 2.17. The summed E-state index contributed by atoms with van der Waals surface area (Å²) in [6, 6.07) is 0.0242. The summed E-state index contributed by atoms with van der Waals surface area (Å²) in [5, 5.41) is 8.17. The van der Waals surface area contributed by atoms with Gasteiger partial charge < -0.3 is 5.73 Å². The second-order valence-electron chi connectivity index (χ2n) is 4.65. The molecule has 0 fully saturated rings. The van der Waals surface area contributed by atoms with Crippen LogP contribution in [0.1, 0.15) is 52.3 Å². The van der Waals surface area contributed by atoms with Crippen LogP contribution in [0.5, 0.6) is 0 Å². The zero-order chi connectivity index (χ0) is 10.8. The average molecular weight is 196 g/mol. The number of hydrogen-bond donors (Lipinski definition) is 1. The summed E-state index contributed by atoms with van der Waals surface area (Å²) in [4.78, 5) is 0. The molecule has 1 heterocycles. The van der Waals surface area contributed by atoms with Crippen LogP contribution in [0, 0.1) is 0 Å². The lowest BCUT2D eigenvalue weighted by molar-refractivity contribution is 0.346. The van der Waals surface area contributed by atoms with Crippen molar-refractivity contribution >= 4 is 0 Å². The predicted molar refractivity (Wildman–Crippen MR) is 56.9 cm³/mol. The first-order chi connectivity index (χ1) is 6.45. The smallest absolute Gasteiger partial charge is 0.0994 e. The molecular weight excluding hydrogens is 176 g/mol. The number of hydrogen-bond acceptors (Lipinski definition) is 3. The van der Waals surface area contributed by atoms with Crippen molar-refractivity contribution in [3.63, 3.8) is 0 Å². The van der Waals surface area contributed by atoms with E-state index >= 15 is 0 Å². The lowest BCUT2D eigenvalue weighted by atomic mass is 10.1. The zero-order valence-corrected chi connectivity index (χ0v) is 9.49. The van der Waals surface area contributed by atoms with Crippen LogP contribution in [0.25, 0.3) is 0 Å². The Morgan fingerprint density at radius 3 is 2.57 bits per heavy atom. The Morgan fingerprint density at radius 1 is 1.50 bits per heavy atom. The Labute approximate surface area is 85.5 Å². The number of aromatic nitrogens is 3. The second-order valence-corrected chi connectivity index (χ2v) is 4.65. The normalized spacial score (nSPS) is 14.4. The quantitative estimate of drug-likeness (QED) is 0.802. The third-order valence-electron chi connectivity index (χ3n) is 2.18. The topological polar surface area (TPSA) is 56.7 Å². The van der Waals surface area contributed by atoms with Gasteiger partial charge in [-0.3, -0.25) is 0 Å². The van der Waals surface area contributed by atoms with Crippen molar-refractivity contribution in [2.45, 2.75) is 52.1 Å². The summed E-state index contributed by atoms with van der Waals surface area (Å²) < 4.78 is 1.86. The molecule has 1 aromatic heterocycles. The van der Waals surface area contributed by atoms with E-state index in [0.29, 0.717) is 0 Å². The van der Waals surface area contributed by atoms with E-state index in [1.54, 1.807) is 0 Å². The fourth-order valence-corrected chi connectivity index (χ4v) is 1.23. The molecule has 0 aromatic carbocycles. The van der Waals surface area contributed by atoms with Gasteiger partial charge in [-0.25, -0.2) is 4.68 Å². The molecule has 1 aromatic rings. The van der Waals surface area contributed by atoms with E-state index in [0.717, 1.165) is 18.5 Å². The molecule has 0 spiro atoms. The van der Waals surface area contributed by atoms with Crippen LogP contribution in [0.2, 0.25) is 0 Å². The first-order valence-electron chi connectivity index (χ1n) is 5.13. The largest absolute Gasteiger partial charge is 0.323 e. The monoisotopic (exact) mass is 196 g/mol. The average Bonchev–Trinajstić information content (AvgIpc) is 2.51. The minimum absolute atomic E-state index is 0.0167. The third-order valence-corrected chi connectivity index (χ3v) is 2.18. The van der Waals surface area contributed by atoms with Crippen LogP contribution in [-0.4, -0.2) is 15.0 Å². The van der Waals surface area contributed by atoms with Gasteiger partial charge in [-0.2, -0.15) is 0 Å². The van der Waals surface area contributed by atoms with Gasteiger partial charge in [0.25, 0.3) is 0 Å². The van der Waals surface area contributed by atoms with E-state index in [1.165, 1.54) is 0 Å². The van der Waals surface area contributed by atoms with Gasteiger partial charge in [-0.15, -0.1) is 5.10 Å². The molecule has 4 nitrogen and oxygen atoms in total. The molecule has 1 unspecified atom stereocenters. The van der Waals surface area contributed by atoms with Crippen molar-refractivity contribution < 1.29 is 0 Å². The fourth-order valence-electron chi connectivity index (χ4n) is 1.23. The molecule has 0 saturated heterocycles.